The van der Waals surface area contributed by atoms with Gasteiger partial charge in [0.15, 0.2) is 0 Å². The lowest BCUT2D eigenvalue weighted by Gasteiger charge is -2.34. The number of hydrogen-bond donors (Lipinski definition) is 1. The van der Waals surface area contributed by atoms with Crippen LogP contribution in [0.25, 0.3) is 0 Å². The molecule has 0 aliphatic heterocycles. The third kappa shape index (κ3) is 4.34. The average Bonchev–Trinajstić information content (AvgIpc) is 2.46. The van der Waals surface area contributed by atoms with Crippen LogP contribution in [-0.2, 0) is 11.3 Å². The van der Waals surface area contributed by atoms with Crippen LogP contribution in [0.15, 0.2) is 24.3 Å². The summed E-state index contributed by atoms with van der Waals surface area (Å²) in [4.78, 5) is 13.3. The van der Waals surface area contributed by atoms with E-state index < -0.39 is 5.97 Å². The Balaban J connectivity index is 2.04. The average molecular weight is 275 g/mol. The van der Waals surface area contributed by atoms with Crippen molar-refractivity contribution in [1.29, 1.82) is 0 Å². The molecule has 3 nitrogen and oxygen atoms in total. The standard InChI is InChI=1S/C17H25NO2/c1-14-7-5-6-8-15(14)13-18(12-11-17(19)20)16-9-3-2-4-10-16/h5-8,16H,2-4,9-13H2,1H3,(H,19,20). The monoisotopic (exact) mass is 275 g/mol. The van der Waals surface area contributed by atoms with Gasteiger partial charge in [-0.05, 0) is 30.9 Å². The van der Waals surface area contributed by atoms with E-state index >= 15 is 0 Å². The molecule has 1 fully saturated rings. The molecule has 1 N–H and O–H groups in total. The van der Waals surface area contributed by atoms with E-state index in [4.69, 9.17) is 5.11 Å². The maximum Gasteiger partial charge on any atom is 0.304 e. The van der Waals surface area contributed by atoms with Crippen molar-refractivity contribution in [1.82, 2.24) is 4.90 Å². The van der Waals surface area contributed by atoms with Gasteiger partial charge in [-0.2, -0.15) is 0 Å². The van der Waals surface area contributed by atoms with E-state index in [0.717, 1.165) is 6.54 Å². The zero-order valence-electron chi connectivity index (χ0n) is 12.3. The van der Waals surface area contributed by atoms with E-state index in [1.165, 1.54) is 43.2 Å². The molecule has 0 atom stereocenters. The van der Waals surface area contributed by atoms with Gasteiger partial charge in [-0.3, -0.25) is 9.69 Å². The number of carboxylic acid groups (broad SMARTS) is 1. The predicted molar refractivity (Wildman–Crippen MR) is 80.7 cm³/mol. The topological polar surface area (TPSA) is 40.5 Å². The van der Waals surface area contributed by atoms with Crippen LogP contribution in [0.5, 0.6) is 0 Å². The Labute approximate surface area is 121 Å². The molecule has 3 heteroatoms. The smallest absolute Gasteiger partial charge is 0.304 e. The molecule has 20 heavy (non-hydrogen) atoms. The van der Waals surface area contributed by atoms with Crippen LogP contribution < -0.4 is 0 Å². The number of aliphatic carboxylic acids is 1. The minimum atomic E-state index is -0.699. The van der Waals surface area contributed by atoms with Crippen molar-refractivity contribution in [3.05, 3.63) is 35.4 Å². The Bertz CT molecular complexity index is 438. The Hall–Kier alpha value is -1.35. The first kappa shape index (κ1) is 15.0. The quantitative estimate of drug-likeness (QED) is 0.862. The fourth-order valence-corrected chi connectivity index (χ4v) is 3.08. The van der Waals surface area contributed by atoms with Crippen molar-refractivity contribution < 1.29 is 9.90 Å². The Kier molecular flexibility index (Phi) is 5.60. The summed E-state index contributed by atoms with van der Waals surface area (Å²) in [7, 11) is 0. The number of carbonyl (C=O) groups is 1. The highest BCUT2D eigenvalue weighted by Crippen LogP contribution is 2.24. The molecule has 110 valence electrons. The van der Waals surface area contributed by atoms with Crippen LogP contribution in [0.4, 0.5) is 0 Å². The molecule has 0 radical (unpaired) electrons. The maximum atomic E-state index is 10.9. The first-order valence-electron chi connectivity index (χ1n) is 7.67. The van der Waals surface area contributed by atoms with Crippen LogP contribution in [-0.4, -0.2) is 28.6 Å². The lowest BCUT2D eigenvalue weighted by molar-refractivity contribution is -0.137. The minimum absolute atomic E-state index is 0.238. The molecule has 0 heterocycles. The van der Waals surface area contributed by atoms with Gasteiger partial charge in [0.1, 0.15) is 0 Å². The lowest BCUT2D eigenvalue weighted by Crippen LogP contribution is -2.37. The van der Waals surface area contributed by atoms with Crippen molar-refractivity contribution in [3.8, 4) is 0 Å². The predicted octanol–water partition coefficient (Wildman–Crippen LogP) is 3.60. The van der Waals surface area contributed by atoms with E-state index in [9.17, 15) is 4.79 Å². The SMILES string of the molecule is Cc1ccccc1CN(CCC(=O)O)C1CCCCC1. The molecule has 1 aromatic carbocycles. The second kappa shape index (κ2) is 7.44. The van der Waals surface area contributed by atoms with Gasteiger partial charge in [0.05, 0.1) is 6.42 Å². The van der Waals surface area contributed by atoms with Crippen molar-refractivity contribution >= 4 is 5.97 Å². The number of hydrogen-bond acceptors (Lipinski definition) is 2. The highest BCUT2D eigenvalue weighted by Gasteiger charge is 2.22. The third-order valence-electron chi connectivity index (χ3n) is 4.34. The van der Waals surface area contributed by atoms with Crippen LogP contribution in [0.2, 0.25) is 0 Å². The summed E-state index contributed by atoms with van der Waals surface area (Å²) in [5.41, 5.74) is 2.62. The summed E-state index contributed by atoms with van der Waals surface area (Å²) in [6, 6.07) is 8.97. The number of nitrogens with zero attached hydrogens (tertiary/aromatic N) is 1. The molecule has 2 rings (SSSR count). The highest BCUT2D eigenvalue weighted by molar-refractivity contribution is 5.66. The molecular weight excluding hydrogens is 250 g/mol. The van der Waals surface area contributed by atoms with Gasteiger partial charge in [-0.15, -0.1) is 0 Å². The maximum absolute atomic E-state index is 10.9. The van der Waals surface area contributed by atoms with Gasteiger partial charge >= 0.3 is 5.97 Å². The van der Waals surface area contributed by atoms with Crippen molar-refractivity contribution in [3.63, 3.8) is 0 Å². The minimum Gasteiger partial charge on any atom is -0.481 e. The summed E-state index contributed by atoms with van der Waals surface area (Å²) < 4.78 is 0. The van der Waals surface area contributed by atoms with E-state index in [2.05, 4.69) is 36.1 Å². The second-order valence-corrected chi connectivity index (χ2v) is 5.83. The van der Waals surface area contributed by atoms with Crippen molar-refractivity contribution in [2.24, 2.45) is 0 Å². The summed E-state index contributed by atoms with van der Waals surface area (Å²) in [5.74, 6) is -0.699. The van der Waals surface area contributed by atoms with Gasteiger partial charge in [0.2, 0.25) is 0 Å². The van der Waals surface area contributed by atoms with E-state index in [-0.39, 0.29) is 6.42 Å². The van der Waals surface area contributed by atoms with Gasteiger partial charge in [-0.25, -0.2) is 0 Å². The first-order chi connectivity index (χ1) is 9.66. The largest absolute Gasteiger partial charge is 0.481 e. The fraction of sp³-hybridized carbons (Fsp3) is 0.588. The van der Waals surface area contributed by atoms with Crippen molar-refractivity contribution in [2.45, 2.75) is 58.0 Å². The molecule has 0 spiro atoms. The normalized spacial score (nSPS) is 16.5. The molecule has 0 aromatic heterocycles. The number of benzene rings is 1. The molecule has 1 aliphatic rings. The Morgan fingerprint density at radius 3 is 2.60 bits per heavy atom. The molecule has 0 saturated heterocycles. The van der Waals surface area contributed by atoms with Crippen molar-refractivity contribution in [2.75, 3.05) is 6.54 Å². The third-order valence-corrected chi connectivity index (χ3v) is 4.34. The summed E-state index contributed by atoms with van der Waals surface area (Å²) in [6.45, 7) is 3.67. The van der Waals surface area contributed by atoms with E-state index in [1.54, 1.807) is 0 Å². The van der Waals surface area contributed by atoms with Gasteiger partial charge in [0.25, 0.3) is 0 Å². The zero-order valence-corrected chi connectivity index (χ0v) is 12.3. The number of rotatable bonds is 6. The van der Waals surface area contributed by atoms with Gasteiger partial charge in [0, 0.05) is 19.1 Å². The Morgan fingerprint density at radius 1 is 1.25 bits per heavy atom. The number of carboxylic acids is 1. The Morgan fingerprint density at radius 2 is 1.95 bits per heavy atom. The molecule has 1 saturated carbocycles. The highest BCUT2D eigenvalue weighted by atomic mass is 16.4. The summed E-state index contributed by atoms with van der Waals surface area (Å²) in [5, 5.41) is 8.95. The molecule has 1 aliphatic carbocycles. The van der Waals surface area contributed by atoms with E-state index in [0.29, 0.717) is 12.6 Å². The molecule has 0 amide bonds. The van der Waals surface area contributed by atoms with Crippen LogP contribution in [0, 0.1) is 6.92 Å². The number of aryl methyl sites for hydroxylation is 1. The molecule has 0 bridgehead atoms. The second-order valence-electron chi connectivity index (χ2n) is 5.83. The fourth-order valence-electron chi connectivity index (χ4n) is 3.08. The van der Waals surface area contributed by atoms with E-state index in [1.807, 2.05) is 0 Å². The van der Waals surface area contributed by atoms with Crippen LogP contribution in [0.3, 0.4) is 0 Å². The zero-order chi connectivity index (χ0) is 14.4. The lowest BCUT2D eigenvalue weighted by atomic mass is 9.93. The van der Waals surface area contributed by atoms with Gasteiger partial charge in [-0.1, -0.05) is 43.5 Å². The summed E-state index contributed by atoms with van der Waals surface area (Å²) >= 11 is 0. The summed E-state index contributed by atoms with van der Waals surface area (Å²) in [6.07, 6.45) is 6.55. The molecule has 0 unspecified atom stereocenters. The molecular formula is C17H25NO2. The van der Waals surface area contributed by atoms with Crippen LogP contribution >= 0.6 is 0 Å². The molecule has 1 aromatic rings. The van der Waals surface area contributed by atoms with Gasteiger partial charge < -0.3 is 5.11 Å². The van der Waals surface area contributed by atoms with Crippen LogP contribution in [0.1, 0.15) is 49.7 Å². The first-order valence-corrected chi connectivity index (χ1v) is 7.67.